The predicted molar refractivity (Wildman–Crippen MR) is 83.6 cm³/mol. The van der Waals surface area contributed by atoms with Gasteiger partial charge in [0.05, 0.1) is 0 Å². The molecule has 20 heavy (non-hydrogen) atoms. The van der Waals surface area contributed by atoms with Gasteiger partial charge in [-0.15, -0.1) is 0 Å². The zero-order valence-corrected chi connectivity index (χ0v) is 12.6. The number of benzene rings is 2. The van der Waals surface area contributed by atoms with E-state index >= 15 is 0 Å². The molecule has 1 N–H and O–H groups in total. The predicted octanol–water partition coefficient (Wildman–Crippen LogP) is 5.04. The van der Waals surface area contributed by atoms with Gasteiger partial charge in [-0.1, -0.05) is 56.7 Å². The summed E-state index contributed by atoms with van der Waals surface area (Å²) < 4.78 is 13.8. The highest BCUT2D eigenvalue weighted by molar-refractivity contribution is 5.54. The van der Waals surface area contributed by atoms with Crippen molar-refractivity contribution in [2.24, 2.45) is 0 Å². The number of rotatable bonds is 3. The summed E-state index contributed by atoms with van der Waals surface area (Å²) in [5.74, 6) is -0.156. The molecule has 0 bridgehead atoms. The number of para-hydroxylation sites is 1. The van der Waals surface area contributed by atoms with Crippen molar-refractivity contribution in [1.29, 1.82) is 0 Å². The minimum atomic E-state index is -0.156. The Bertz CT molecular complexity index is 597. The summed E-state index contributed by atoms with van der Waals surface area (Å²) in [5, 5.41) is 3.36. The van der Waals surface area contributed by atoms with Crippen molar-refractivity contribution in [1.82, 2.24) is 0 Å². The Hall–Kier alpha value is -1.83. The molecule has 0 aliphatic carbocycles. The van der Waals surface area contributed by atoms with E-state index in [2.05, 4.69) is 32.2 Å². The second kappa shape index (κ2) is 5.66. The van der Waals surface area contributed by atoms with Gasteiger partial charge >= 0.3 is 0 Å². The van der Waals surface area contributed by atoms with Crippen LogP contribution < -0.4 is 5.32 Å². The van der Waals surface area contributed by atoms with E-state index in [1.54, 1.807) is 6.07 Å². The second-order valence-electron chi connectivity index (χ2n) is 6.24. The highest BCUT2D eigenvalue weighted by Crippen LogP contribution is 2.29. The Kier molecular flexibility index (Phi) is 4.12. The highest BCUT2D eigenvalue weighted by Gasteiger charge is 2.17. The molecule has 0 amide bonds. The molecule has 2 rings (SSSR count). The summed E-state index contributed by atoms with van der Waals surface area (Å²) in [4.78, 5) is 0. The topological polar surface area (TPSA) is 12.0 Å². The lowest BCUT2D eigenvalue weighted by atomic mass is 9.86. The normalized spacial score (nSPS) is 11.4. The minimum absolute atomic E-state index is 0.0642. The van der Waals surface area contributed by atoms with Crippen LogP contribution in [0.15, 0.2) is 42.5 Å². The lowest BCUT2D eigenvalue weighted by Crippen LogP contribution is -2.15. The van der Waals surface area contributed by atoms with Gasteiger partial charge in [-0.3, -0.25) is 0 Å². The summed E-state index contributed by atoms with van der Waals surface area (Å²) in [6.45, 7) is 9.02. The van der Waals surface area contributed by atoms with Crippen molar-refractivity contribution in [2.75, 3.05) is 5.32 Å². The fourth-order valence-corrected chi connectivity index (χ4v) is 2.32. The van der Waals surface area contributed by atoms with Crippen LogP contribution in [0.3, 0.4) is 0 Å². The average molecular weight is 271 g/mol. The van der Waals surface area contributed by atoms with Gasteiger partial charge in [0.2, 0.25) is 0 Å². The maximum atomic E-state index is 13.8. The van der Waals surface area contributed by atoms with E-state index in [0.29, 0.717) is 12.1 Å². The van der Waals surface area contributed by atoms with Crippen molar-refractivity contribution in [2.45, 2.75) is 39.7 Å². The lowest BCUT2D eigenvalue weighted by molar-refractivity contribution is 0.591. The van der Waals surface area contributed by atoms with Crippen molar-refractivity contribution in [3.8, 4) is 0 Å². The van der Waals surface area contributed by atoms with E-state index in [-0.39, 0.29) is 11.2 Å². The van der Waals surface area contributed by atoms with Crippen LogP contribution in [0.1, 0.15) is 37.5 Å². The Morgan fingerprint density at radius 3 is 2.45 bits per heavy atom. The van der Waals surface area contributed by atoms with Crippen LogP contribution in [-0.2, 0) is 12.0 Å². The van der Waals surface area contributed by atoms with Crippen LogP contribution in [0.5, 0.6) is 0 Å². The van der Waals surface area contributed by atoms with Crippen LogP contribution in [0.25, 0.3) is 0 Å². The van der Waals surface area contributed by atoms with Crippen molar-refractivity contribution in [3.05, 3.63) is 65.0 Å². The Balaban J connectivity index is 2.21. The van der Waals surface area contributed by atoms with Crippen LogP contribution in [0.2, 0.25) is 0 Å². The Morgan fingerprint density at radius 2 is 1.75 bits per heavy atom. The molecule has 2 aromatic rings. The number of nitrogens with one attached hydrogen (secondary N) is 1. The van der Waals surface area contributed by atoms with Crippen LogP contribution in [0.4, 0.5) is 10.1 Å². The third-order valence-corrected chi connectivity index (χ3v) is 3.41. The largest absolute Gasteiger partial charge is 0.381 e. The van der Waals surface area contributed by atoms with Crippen LogP contribution in [-0.4, -0.2) is 0 Å². The zero-order valence-electron chi connectivity index (χ0n) is 12.6. The molecule has 0 aliphatic rings. The quantitative estimate of drug-likeness (QED) is 0.824. The fourth-order valence-electron chi connectivity index (χ4n) is 2.32. The summed E-state index contributed by atoms with van der Waals surface area (Å²) in [7, 11) is 0. The van der Waals surface area contributed by atoms with Gasteiger partial charge in [0, 0.05) is 17.8 Å². The molecule has 1 nitrogen and oxygen atoms in total. The van der Waals surface area contributed by atoms with Gasteiger partial charge in [-0.2, -0.15) is 0 Å². The molecule has 0 radical (unpaired) electrons. The molecule has 0 spiro atoms. The maximum Gasteiger partial charge on any atom is 0.128 e. The third-order valence-electron chi connectivity index (χ3n) is 3.41. The first-order valence-electron chi connectivity index (χ1n) is 6.96. The summed E-state index contributed by atoms with van der Waals surface area (Å²) in [6.07, 6.45) is 0. The lowest BCUT2D eigenvalue weighted by Gasteiger charge is -2.23. The van der Waals surface area contributed by atoms with Gasteiger partial charge in [0.15, 0.2) is 0 Å². The first-order valence-corrected chi connectivity index (χ1v) is 6.96. The molecule has 0 saturated heterocycles. The number of aryl methyl sites for hydroxylation is 1. The molecule has 0 saturated carbocycles. The molecule has 2 aromatic carbocycles. The van der Waals surface area contributed by atoms with E-state index in [9.17, 15) is 4.39 Å². The van der Waals surface area contributed by atoms with Gasteiger partial charge < -0.3 is 5.32 Å². The fraction of sp³-hybridized carbons (Fsp3) is 0.333. The SMILES string of the molecule is Cc1ccc(F)c(CNc2ccccc2C(C)(C)C)c1. The smallest absolute Gasteiger partial charge is 0.128 e. The van der Waals surface area contributed by atoms with E-state index in [1.807, 2.05) is 31.2 Å². The highest BCUT2D eigenvalue weighted by atomic mass is 19.1. The number of hydrogen-bond acceptors (Lipinski definition) is 1. The zero-order chi connectivity index (χ0) is 14.8. The molecule has 0 heterocycles. The molecule has 2 heteroatoms. The van der Waals surface area contributed by atoms with E-state index < -0.39 is 0 Å². The number of anilines is 1. The average Bonchev–Trinajstić information content (AvgIpc) is 2.39. The van der Waals surface area contributed by atoms with Crippen LogP contribution in [0, 0.1) is 12.7 Å². The van der Waals surface area contributed by atoms with E-state index in [1.165, 1.54) is 11.6 Å². The Morgan fingerprint density at radius 1 is 1.05 bits per heavy atom. The molecule has 0 atom stereocenters. The minimum Gasteiger partial charge on any atom is -0.381 e. The molecule has 0 unspecified atom stereocenters. The van der Waals surface area contributed by atoms with Gasteiger partial charge in [-0.05, 0) is 30.0 Å². The summed E-state index contributed by atoms with van der Waals surface area (Å²) in [5.41, 5.74) is 4.16. The van der Waals surface area contributed by atoms with Crippen molar-refractivity contribution < 1.29 is 4.39 Å². The van der Waals surface area contributed by atoms with Crippen molar-refractivity contribution >= 4 is 5.69 Å². The molecule has 0 aliphatic heterocycles. The second-order valence-corrected chi connectivity index (χ2v) is 6.24. The van der Waals surface area contributed by atoms with Crippen molar-refractivity contribution in [3.63, 3.8) is 0 Å². The van der Waals surface area contributed by atoms with E-state index in [0.717, 1.165) is 11.3 Å². The van der Waals surface area contributed by atoms with Gasteiger partial charge in [0.25, 0.3) is 0 Å². The number of hydrogen-bond donors (Lipinski definition) is 1. The van der Waals surface area contributed by atoms with Crippen LogP contribution >= 0.6 is 0 Å². The summed E-state index contributed by atoms with van der Waals surface area (Å²) >= 11 is 0. The first kappa shape index (κ1) is 14.6. The monoisotopic (exact) mass is 271 g/mol. The third kappa shape index (κ3) is 3.38. The molecule has 0 fully saturated rings. The summed E-state index contributed by atoms with van der Waals surface area (Å²) in [6, 6.07) is 13.4. The van der Waals surface area contributed by atoms with Gasteiger partial charge in [-0.25, -0.2) is 4.39 Å². The first-order chi connectivity index (χ1) is 9.38. The molecular weight excluding hydrogens is 249 g/mol. The molecular formula is C18H22FN. The molecule has 0 aromatic heterocycles. The molecule has 106 valence electrons. The maximum absolute atomic E-state index is 13.8. The van der Waals surface area contributed by atoms with Gasteiger partial charge in [0.1, 0.15) is 5.82 Å². The number of halogens is 1. The standard InChI is InChI=1S/C18H22FN/c1-13-9-10-16(19)14(11-13)12-20-17-8-6-5-7-15(17)18(2,3)4/h5-11,20H,12H2,1-4H3. The van der Waals surface area contributed by atoms with E-state index in [4.69, 9.17) is 0 Å². The Labute approximate surface area is 120 Å².